The number of nitrogens with one attached hydrogen (secondary N) is 1. The Labute approximate surface area is 115 Å². The molecular weight excluding hydrogens is 243 g/mol. The molecule has 0 radical (unpaired) electrons. The van der Waals surface area contributed by atoms with E-state index < -0.39 is 0 Å². The first-order chi connectivity index (χ1) is 9.04. The van der Waals surface area contributed by atoms with E-state index in [-0.39, 0.29) is 11.9 Å². The second kappa shape index (κ2) is 8.12. The molecule has 1 unspecified atom stereocenters. The van der Waals surface area contributed by atoms with Gasteiger partial charge in [0.1, 0.15) is 18.2 Å². The van der Waals surface area contributed by atoms with Gasteiger partial charge in [-0.25, -0.2) is 4.39 Å². The summed E-state index contributed by atoms with van der Waals surface area (Å²) in [6.45, 7) is 6.51. The molecule has 1 aromatic carbocycles. The number of benzene rings is 1. The molecule has 1 aromatic rings. The first kappa shape index (κ1) is 15.9. The van der Waals surface area contributed by atoms with Gasteiger partial charge in [0, 0.05) is 24.2 Å². The second-order valence-corrected chi connectivity index (χ2v) is 5.01. The molecule has 0 amide bonds. The van der Waals surface area contributed by atoms with Gasteiger partial charge in [0.2, 0.25) is 0 Å². The van der Waals surface area contributed by atoms with Crippen molar-refractivity contribution in [1.82, 2.24) is 10.2 Å². The van der Waals surface area contributed by atoms with Crippen LogP contribution in [-0.4, -0.2) is 38.7 Å². The fourth-order valence-corrected chi connectivity index (χ4v) is 1.80. The number of halogens is 1. The summed E-state index contributed by atoms with van der Waals surface area (Å²) < 4.78 is 19.0. The van der Waals surface area contributed by atoms with Gasteiger partial charge in [0.25, 0.3) is 0 Å². The van der Waals surface area contributed by atoms with Crippen LogP contribution in [0.25, 0.3) is 0 Å². The third-order valence-corrected chi connectivity index (χ3v) is 2.94. The Morgan fingerprint density at radius 2 is 2.11 bits per heavy atom. The highest BCUT2D eigenvalue weighted by Gasteiger charge is 2.12. The predicted molar refractivity (Wildman–Crippen MR) is 77.2 cm³/mol. The zero-order valence-corrected chi connectivity index (χ0v) is 12.4. The molecular formula is C15H25FN2O. The Morgan fingerprint density at radius 3 is 2.74 bits per heavy atom. The average molecular weight is 268 g/mol. The Bertz CT molecular complexity index is 382. The topological polar surface area (TPSA) is 24.5 Å². The maximum absolute atomic E-state index is 13.3. The fourth-order valence-electron chi connectivity index (χ4n) is 1.80. The number of likely N-dealkylation sites (N-methyl/N-ethyl adjacent to an activating group) is 1. The van der Waals surface area contributed by atoms with E-state index in [9.17, 15) is 4.39 Å². The SMILES string of the molecule is CCCNC(C)c1ccc(F)cc1OCCN(C)C. The maximum Gasteiger partial charge on any atom is 0.127 e. The zero-order valence-electron chi connectivity index (χ0n) is 12.4. The molecule has 0 aromatic heterocycles. The van der Waals surface area contributed by atoms with Gasteiger partial charge in [0.15, 0.2) is 0 Å². The van der Waals surface area contributed by atoms with Crippen molar-refractivity contribution in [2.45, 2.75) is 26.3 Å². The molecule has 0 fully saturated rings. The zero-order chi connectivity index (χ0) is 14.3. The number of hydrogen-bond acceptors (Lipinski definition) is 3. The summed E-state index contributed by atoms with van der Waals surface area (Å²) in [6.07, 6.45) is 1.07. The smallest absolute Gasteiger partial charge is 0.127 e. The van der Waals surface area contributed by atoms with E-state index in [2.05, 4.69) is 19.2 Å². The lowest BCUT2D eigenvalue weighted by molar-refractivity contribution is 0.257. The van der Waals surface area contributed by atoms with Crippen molar-refractivity contribution in [2.75, 3.05) is 33.8 Å². The van der Waals surface area contributed by atoms with Crippen molar-refractivity contribution >= 4 is 0 Å². The molecule has 1 N–H and O–H groups in total. The first-order valence-electron chi connectivity index (χ1n) is 6.85. The van der Waals surface area contributed by atoms with Gasteiger partial charge in [-0.15, -0.1) is 0 Å². The van der Waals surface area contributed by atoms with Crippen LogP contribution in [0.1, 0.15) is 31.9 Å². The van der Waals surface area contributed by atoms with Crippen LogP contribution in [0.15, 0.2) is 18.2 Å². The Balaban J connectivity index is 2.73. The van der Waals surface area contributed by atoms with Crippen LogP contribution in [0.3, 0.4) is 0 Å². The third kappa shape index (κ3) is 5.57. The number of ether oxygens (including phenoxy) is 1. The van der Waals surface area contributed by atoms with Crippen LogP contribution in [0.2, 0.25) is 0 Å². The van der Waals surface area contributed by atoms with Crippen molar-refractivity contribution in [3.63, 3.8) is 0 Å². The van der Waals surface area contributed by atoms with E-state index in [0.29, 0.717) is 12.4 Å². The van der Waals surface area contributed by atoms with Crippen LogP contribution >= 0.6 is 0 Å². The summed E-state index contributed by atoms with van der Waals surface area (Å²) in [5, 5.41) is 3.39. The Hall–Kier alpha value is -1.13. The molecule has 0 spiro atoms. The molecule has 0 heterocycles. The predicted octanol–water partition coefficient (Wildman–Crippen LogP) is 2.83. The number of rotatable bonds is 8. The number of nitrogens with zero attached hydrogens (tertiary/aromatic N) is 1. The second-order valence-electron chi connectivity index (χ2n) is 5.01. The highest BCUT2D eigenvalue weighted by molar-refractivity contribution is 5.36. The molecule has 0 aliphatic rings. The minimum atomic E-state index is -0.258. The largest absolute Gasteiger partial charge is 0.492 e. The molecule has 1 rings (SSSR count). The molecule has 4 heteroatoms. The van der Waals surface area contributed by atoms with Gasteiger partial charge in [-0.2, -0.15) is 0 Å². The summed E-state index contributed by atoms with van der Waals surface area (Å²) in [6, 6.07) is 4.91. The lowest BCUT2D eigenvalue weighted by Gasteiger charge is -2.19. The summed E-state index contributed by atoms with van der Waals surface area (Å²) in [5.74, 6) is 0.379. The van der Waals surface area contributed by atoms with E-state index >= 15 is 0 Å². The molecule has 1 atom stereocenters. The van der Waals surface area contributed by atoms with Crippen molar-refractivity contribution in [3.05, 3.63) is 29.6 Å². The molecule has 0 saturated heterocycles. The monoisotopic (exact) mass is 268 g/mol. The Kier molecular flexibility index (Phi) is 6.81. The molecule has 0 aliphatic carbocycles. The van der Waals surface area contributed by atoms with Gasteiger partial charge < -0.3 is 15.0 Å². The first-order valence-corrected chi connectivity index (χ1v) is 6.85. The minimum absolute atomic E-state index is 0.162. The van der Waals surface area contributed by atoms with Crippen LogP contribution in [0, 0.1) is 5.82 Å². The molecule has 108 valence electrons. The summed E-state index contributed by atoms with van der Waals surface area (Å²) in [5.41, 5.74) is 1.01. The minimum Gasteiger partial charge on any atom is -0.492 e. The maximum atomic E-state index is 13.3. The average Bonchev–Trinajstić information content (AvgIpc) is 2.35. The highest BCUT2D eigenvalue weighted by Crippen LogP contribution is 2.26. The summed E-state index contributed by atoms with van der Waals surface area (Å²) >= 11 is 0. The molecule has 0 aliphatic heterocycles. The van der Waals surface area contributed by atoms with E-state index in [0.717, 1.165) is 25.1 Å². The molecule has 19 heavy (non-hydrogen) atoms. The lowest BCUT2D eigenvalue weighted by Crippen LogP contribution is -2.22. The van der Waals surface area contributed by atoms with E-state index in [1.54, 1.807) is 6.07 Å². The van der Waals surface area contributed by atoms with Crippen LogP contribution in [-0.2, 0) is 0 Å². The van der Waals surface area contributed by atoms with Gasteiger partial charge in [0.05, 0.1) is 0 Å². The van der Waals surface area contributed by atoms with Crippen molar-refractivity contribution in [1.29, 1.82) is 0 Å². The normalized spacial score (nSPS) is 12.7. The van der Waals surface area contributed by atoms with E-state index in [1.807, 2.05) is 19.0 Å². The van der Waals surface area contributed by atoms with Gasteiger partial charge >= 0.3 is 0 Å². The van der Waals surface area contributed by atoms with Crippen molar-refractivity contribution < 1.29 is 9.13 Å². The number of hydrogen-bond donors (Lipinski definition) is 1. The van der Waals surface area contributed by atoms with Gasteiger partial charge in [-0.05, 0) is 40.1 Å². The summed E-state index contributed by atoms with van der Waals surface area (Å²) in [4.78, 5) is 2.04. The lowest BCUT2D eigenvalue weighted by atomic mass is 10.1. The van der Waals surface area contributed by atoms with Crippen LogP contribution < -0.4 is 10.1 Å². The van der Waals surface area contributed by atoms with Crippen LogP contribution in [0.4, 0.5) is 4.39 Å². The van der Waals surface area contributed by atoms with E-state index in [4.69, 9.17) is 4.74 Å². The fraction of sp³-hybridized carbons (Fsp3) is 0.600. The Morgan fingerprint density at radius 1 is 1.37 bits per heavy atom. The molecule has 0 saturated carbocycles. The van der Waals surface area contributed by atoms with Crippen LogP contribution in [0.5, 0.6) is 5.75 Å². The van der Waals surface area contributed by atoms with Crippen molar-refractivity contribution in [2.24, 2.45) is 0 Å². The van der Waals surface area contributed by atoms with Crippen molar-refractivity contribution in [3.8, 4) is 5.75 Å². The molecule has 0 bridgehead atoms. The van der Waals surface area contributed by atoms with E-state index in [1.165, 1.54) is 12.1 Å². The third-order valence-electron chi connectivity index (χ3n) is 2.94. The van der Waals surface area contributed by atoms with Gasteiger partial charge in [-0.1, -0.05) is 13.0 Å². The quantitative estimate of drug-likeness (QED) is 0.784. The summed E-state index contributed by atoms with van der Waals surface area (Å²) in [7, 11) is 3.97. The standard InChI is InChI=1S/C15H25FN2O/c1-5-8-17-12(2)14-7-6-13(16)11-15(14)19-10-9-18(3)4/h6-7,11-12,17H,5,8-10H2,1-4H3. The van der Waals surface area contributed by atoms with Gasteiger partial charge in [-0.3, -0.25) is 0 Å². The molecule has 3 nitrogen and oxygen atoms in total. The highest BCUT2D eigenvalue weighted by atomic mass is 19.1.